The molecule has 0 aliphatic heterocycles. The largest absolute Gasteiger partial charge is 0.481 e. The summed E-state index contributed by atoms with van der Waals surface area (Å²) in [5.74, 6) is 0.252. The van der Waals surface area contributed by atoms with Crippen molar-refractivity contribution in [1.29, 1.82) is 0 Å². The Labute approximate surface area is 143 Å². The molecule has 130 valence electrons. The molecule has 2 N–H and O–H groups in total. The third kappa shape index (κ3) is 4.68. The number of carboxylic acids is 1. The molecule has 2 rings (SSSR count). The summed E-state index contributed by atoms with van der Waals surface area (Å²) in [6.45, 7) is 8.62. The van der Waals surface area contributed by atoms with Crippen LogP contribution in [0.4, 0.5) is 0 Å². The maximum Gasteiger partial charge on any atom is 0.307 e. The van der Waals surface area contributed by atoms with E-state index in [9.17, 15) is 9.90 Å². The lowest BCUT2D eigenvalue weighted by Gasteiger charge is -2.20. The number of aromatic nitrogens is 2. The predicted molar refractivity (Wildman–Crippen MR) is 95.3 cm³/mol. The van der Waals surface area contributed by atoms with E-state index in [1.807, 2.05) is 17.7 Å². The third-order valence-corrected chi connectivity index (χ3v) is 4.27. The van der Waals surface area contributed by atoms with E-state index in [-0.39, 0.29) is 12.0 Å². The van der Waals surface area contributed by atoms with Crippen molar-refractivity contribution >= 4 is 5.97 Å². The molecule has 0 fully saturated rings. The molecule has 0 saturated heterocycles. The van der Waals surface area contributed by atoms with Crippen molar-refractivity contribution in [2.75, 3.05) is 6.54 Å². The molecule has 0 aliphatic carbocycles. The van der Waals surface area contributed by atoms with Gasteiger partial charge in [-0.2, -0.15) is 0 Å². The number of imidazole rings is 1. The van der Waals surface area contributed by atoms with Gasteiger partial charge in [-0.15, -0.1) is 0 Å². The van der Waals surface area contributed by atoms with Crippen molar-refractivity contribution in [1.82, 2.24) is 14.9 Å². The van der Waals surface area contributed by atoms with Crippen LogP contribution in [0.2, 0.25) is 0 Å². The van der Waals surface area contributed by atoms with Crippen molar-refractivity contribution in [3.05, 3.63) is 48.0 Å². The molecule has 0 saturated carbocycles. The van der Waals surface area contributed by atoms with Crippen molar-refractivity contribution in [2.24, 2.45) is 11.8 Å². The highest BCUT2D eigenvalue weighted by molar-refractivity contribution is 5.70. The van der Waals surface area contributed by atoms with Gasteiger partial charge in [0.1, 0.15) is 5.82 Å². The second kappa shape index (κ2) is 8.11. The smallest absolute Gasteiger partial charge is 0.307 e. The summed E-state index contributed by atoms with van der Waals surface area (Å²) in [7, 11) is 0. The first kappa shape index (κ1) is 18.2. The van der Waals surface area contributed by atoms with Gasteiger partial charge in [0.05, 0.1) is 5.92 Å². The first-order valence-electron chi connectivity index (χ1n) is 8.45. The van der Waals surface area contributed by atoms with E-state index in [1.54, 1.807) is 6.20 Å². The van der Waals surface area contributed by atoms with Crippen LogP contribution >= 0.6 is 0 Å². The van der Waals surface area contributed by atoms with E-state index in [4.69, 9.17) is 0 Å². The summed E-state index contributed by atoms with van der Waals surface area (Å²) in [6, 6.07) is 8.38. The zero-order valence-electron chi connectivity index (χ0n) is 14.9. The van der Waals surface area contributed by atoms with Crippen LogP contribution in [-0.4, -0.2) is 27.2 Å². The molecule has 0 aliphatic rings. The number of aliphatic carboxylic acids is 1. The molecule has 1 aromatic heterocycles. The molecule has 2 aromatic rings. The maximum atomic E-state index is 11.3. The van der Waals surface area contributed by atoms with Crippen LogP contribution in [0.3, 0.4) is 0 Å². The molecule has 1 aromatic carbocycles. The van der Waals surface area contributed by atoms with Crippen molar-refractivity contribution < 1.29 is 9.90 Å². The van der Waals surface area contributed by atoms with Gasteiger partial charge in [-0.05, 0) is 43.9 Å². The fourth-order valence-electron chi connectivity index (χ4n) is 2.85. The summed E-state index contributed by atoms with van der Waals surface area (Å²) in [5.41, 5.74) is 2.22. The second-order valence-electron chi connectivity index (χ2n) is 6.73. The number of nitrogens with zero attached hydrogens (tertiary/aromatic N) is 2. The molecular formula is C19H27N3O2. The Morgan fingerprint density at radius 3 is 2.42 bits per heavy atom. The van der Waals surface area contributed by atoms with Gasteiger partial charge in [0.2, 0.25) is 0 Å². The van der Waals surface area contributed by atoms with E-state index in [0.29, 0.717) is 18.9 Å². The molecule has 2 atom stereocenters. The SMILES string of the molecule is Cc1nccn1-c1ccc(C(C)NCC(CC(C)C)C(=O)O)cc1. The average molecular weight is 329 g/mol. The van der Waals surface area contributed by atoms with E-state index in [1.165, 1.54) is 0 Å². The number of carbonyl (C=O) groups is 1. The molecule has 0 radical (unpaired) electrons. The van der Waals surface area contributed by atoms with E-state index in [2.05, 4.69) is 55.3 Å². The maximum absolute atomic E-state index is 11.3. The zero-order chi connectivity index (χ0) is 17.7. The molecular weight excluding hydrogens is 302 g/mol. The number of hydrogen-bond acceptors (Lipinski definition) is 3. The number of hydrogen-bond donors (Lipinski definition) is 2. The van der Waals surface area contributed by atoms with Crippen LogP contribution in [0, 0.1) is 18.8 Å². The van der Waals surface area contributed by atoms with Crippen LogP contribution in [0.15, 0.2) is 36.7 Å². The van der Waals surface area contributed by atoms with Gasteiger partial charge in [-0.25, -0.2) is 4.98 Å². The Balaban J connectivity index is 1.98. The summed E-state index contributed by atoms with van der Waals surface area (Å²) in [5, 5.41) is 12.7. The highest BCUT2D eigenvalue weighted by Crippen LogP contribution is 2.18. The second-order valence-corrected chi connectivity index (χ2v) is 6.73. The number of aryl methyl sites for hydroxylation is 1. The molecule has 5 nitrogen and oxygen atoms in total. The molecule has 1 heterocycles. The van der Waals surface area contributed by atoms with Crippen molar-refractivity contribution in [3.8, 4) is 5.69 Å². The Bertz CT molecular complexity index is 662. The summed E-state index contributed by atoms with van der Waals surface area (Å²) in [6.07, 6.45) is 4.41. The Morgan fingerprint density at radius 1 is 1.25 bits per heavy atom. The van der Waals surface area contributed by atoms with Gasteiger partial charge in [0.25, 0.3) is 0 Å². The normalized spacial score (nSPS) is 13.9. The molecule has 2 unspecified atom stereocenters. The van der Waals surface area contributed by atoms with Crippen LogP contribution in [0.25, 0.3) is 5.69 Å². The number of rotatable bonds is 8. The topological polar surface area (TPSA) is 67.2 Å². The number of nitrogens with one attached hydrogen (secondary N) is 1. The quantitative estimate of drug-likeness (QED) is 0.777. The van der Waals surface area contributed by atoms with Crippen LogP contribution in [0.5, 0.6) is 0 Å². The minimum Gasteiger partial charge on any atom is -0.481 e. The van der Waals surface area contributed by atoms with Gasteiger partial charge >= 0.3 is 5.97 Å². The van der Waals surface area contributed by atoms with Gasteiger partial charge in [-0.3, -0.25) is 4.79 Å². The van der Waals surface area contributed by atoms with Gasteiger partial charge in [0, 0.05) is 30.7 Å². The first-order chi connectivity index (χ1) is 11.4. The van der Waals surface area contributed by atoms with Gasteiger partial charge < -0.3 is 15.0 Å². The monoisotopic (exact) mass is 329 g/mol. The van der Waals surface area contributed by atoms with Crippen LogP contribution in [-0.2, 0) is 4.79 Å². The van der Waals surface area contributed by atoms with Crippen LogP contribution < -0.4 is 5.32 Å². The van der Waals surface area contributed by atoms with E-state index >= 15 is 0 Å². The lowest BCUT2D eigenvalue weighted by molar-refractivity contribution is -0.142. The molecule has 0 spiro atoms. The molecule has 0 bridgehead atoms. The van der Waals surface area contributed by atoms with Gasteiger partial charge in [-0.1, -0.05) is 26.0 Å². The lowest BCUT2D eigenvalue weighted by Crippen LogP contribution is -2.31. The highest BCUT2D eigenvalue weighted by Gasteiger charge is 2.19. The number of carboxylic acid groups (broad SMARTS) is 1. The summed E-state index contributed by atoms with van der Waals surface area (Å²) in [4.78, 5) is 15.6. The lowest BCUT2D eigenvalue weighted by atomic mass is 9.96. The number of benzene rings is 1. The molecule has 5 heteroatoms. The summed E-state index contributed by atoms with van der Waals surface area (Å²) >= 11 is 0. The predicted octanol–water partition coefficient (Wildman–Crippen LogP) is 3.58. The Hall–Kier alpha value is -2.14. The molecule has 24 heavy (non-hydrogen) atoms. The highest BCUT2D eigenvalue weighted by atomic mass is 16.4. The van der Waals surface area contributed by atoms with Gasteiger partial charge in [0.15, 0.2) is 0 Å². The fraction of sp³-hybridized carbons (Fsp3) is 0.474. The van der Waals surface area contributed by atoms with E-state index in [0.717, 1.165) is 17.1 Å². The zero-order valence-corrected chi connectivity index (χ0v) is 14.9. The van der Waals surface area contributed by atoms with Crippen LogP contribution in [0.1, 0.15) is 44.6 Å². The fourth-order valence-corrected chi connectivity index (χ4v) is 2.85. The Kier molecular flexibility index (Phi) is 6.15. The van der Waals surface area contributed by atoms with E-state index < -0.39 is 5.97 Å². The standard InChI is InChI=1S/C19H27N3O2/c1-13(2)11-17(19(23)24)12-21-14(3)16-5-7-18(8-6-16)22-10-9-20-15(22)4/h5-10,13-14,17,21H,11-12H2,1-4H3,(H,23,24). The van der Waals surface area contributed by atoms with Crippen molar-refractivity contribution in [3.63, 3.8) is 0 Å². The Morgan fingerprint density at radius 2 is 1.92 bits per heavy atom. The third-order valence-electron chi connectivity index (χ3n) is 4.27. The van der Waals surface area contributed by atoms with Crippen molar-refractivity contribution in [2.45, 2.75) is 40.2 Å². The summed E-state index contributed by atoms with van der Waals surface area (Å²) < 4.78 is 2.03. The average Bonchev–Trinajstić information content (AvgIpc) is 2.96. The molecule has 0 amide bonds. The first-order valence-corrected chi connectivity index (χ1v) is 8.45. The minimum absolute atomic E-state index is 0.108. The minimum atomic E-state index is -0.727.